The van der Waals surface area contributed by atoms with Crippen molar-refractivity contribution in [3.8, 4) is 5.75 Å². The van der Waals surface area contributed by atoms with Crippen LogP contribution < -0.4 is 10.5 Å². The molecule has 0 spiro atoms. The first kappa shape index (κ1) is 17.3. The van der Waals surface area contributed by atoms with E-state index < -0.39 is 0 Å². The molecule has 0 aliphatic carbocycles. The van der Waals surface area contributed by atoms with Crippen LogP contribution in [0.25, 0.3) is 0 Å². The predicted octanol–water partition coefficient (Wildman–Crippen LogP) is 3.66. The average Bonchev–Trinajstić information content (AvgIpc) is 2.26. The van der Waals surface area contributed by atoms with Gasteiger partial charge in [-0.05, 0) is 49.8 Å². The van der Waals surface area contributed by atoms with Gasteiger partial charge in [-0.3, -0.25) is 0 Å². The van der Waals surface area contributed by atoms with Crippen LogP contribution in [0.15, 0.2) is 12.1 Å². The van der Waals surface area contributed by atoms with Crippen LogP contribution in [-0.2, 0) is 12.8 Å². The van der Waals surface area contributed by atoms with E-state index in [1.54, 1.807) is 0 Å². The van der Waals surface area contributed by atoms with Gasteiger partial charge in [0, 0.05) is 6.04 Å². The van der Waals surface area contributed by atoms with Crippen LogP contribution in [0.5, 0.6) is 5.75 Å². The van der Waals surface area contributed by atoms with Crippen LogP contribution in [0, 0.1) is 6.92 Å². The van der Waals surface area contributed by atoms with E-state index in [-0.39, 0.29) is 18.4 Å². The fraction of sp³-hybridized carbons (Fsp3) is 0.600. The van der Waals surface area contributed by atoms with Crippen molar-refractivity contribution in [3.05, 3.63) is 28.8 Å². The number of aryl methyl sites for hydroxylation is 2. The van der Waals surface area contributed by atoms with E-state index in [1.807, 2.05) is 6.92 Å². The van der Waals surface area contributed by atoms with Gasteiger partial charge in [-0.15, -0.1) is 12.4 Å². The molecule has 1 rings (SSSR count). The maximum absolute atomic E-state index is 5.85. The number of ether oxygens (including phenoxy) is 1. The second-order valence-corrected chi connectivity index (χ2v) is 4.78. The van der Waals surface area contributed by atoms with Gasteiger partial charge in [-0.25, -0.2) is 0 Å². The molecule has 0 aliphatic rings. The first-order chi connectivity index (χ1) is 8.08. The molecule has 18 heavy (non-hydrogen) atoms. The van der Waals surface area contributed by atoms with Crippen LogP contribution in [0.2, 0.25) is 0 Å². The minimum Gasteiger partial charge on any atom is -0.493 e. The lowest BCUT2D eigenvalue weighted by Crippen LogP contribution is -2.18. The zero-order valence-electron chi connectivity index (χ0n) is 12.0. The standard InChI is InChI=1S/C15H25NO.ClH/c1-5-7-17-15-11(3)8-13(9-12(4)16)10-14(15)6-2;/h8,10,12H,5-7,9,16H2,1-4H3;1H. The summed E-state index contributed by atoms with van der Waals surface area (Å²) in [7, 11) is 0. The van der Waals surface area contributed by atoms with Crippen molar-refractivity contribution >= 4 is 12.4 Å². The fourth-order valence-corrected chi connectivity index (χ4v) is 2.09. The zero-order chi connectivity index (χ0) is 12.8. The molecular formula is C15H26ClNO. The smallest absolute Gasteiger partial charge is 0.125 e. The van der Waals surface area contributed by atoms with Gasteiger partial charge in [-0.1, -0.05) is 26.0 Å². The number of hydrogen-bond acceptors (Lipinski definition) is 2. The minimum atomic E-state index is 0. The van der Waals surface area contributed by atoms with Crippen molar-refractivity contribution in [1.82, 2.24) is 0 Å². The van der Waals surface area contributed by atoms with Crippen LogP contribution >= 0.6 is 12.4 Å². The highest BCUT2D eigenvalue weighted by Crippen LogP contribution is 2.26. The van der Waals surface area contributed by atoms with Gasteiger partial charge >= 0.3 is 0 Å². The minimum absolute atomic E-state index is 0. The summed E-state index contributed by atoms with van der Waals surface area (Å²) in [5.74, 6) is 1.07. The molecule has 0 radical (unpaired) electrons. The molecule has 1 atom stereocenters. The number of halogens is 1. The van der Waals surface area contributed by atoms with E-state index in [4.69, 9.17) is 10.5 Å². The first-order valence-electron chi connectivity index (χ1n) is 6.59. The van der Waals surface area contributed by atoms with Crippen molar-refractivity contribution < 1.29 is 4.74 Å². The molecule has 0 heterocycles. The van der Waals surface area contributed by atoms with Crippen LogP contribution in [-0.4, -0.2) is 12.6 Å². The van der Waals surface area contributed by atoms with Crippen molar-refractivity contribution in [3.63, 3.8) is 0 Å². The number of hydrogen-bond donors (Lipinski definition) is 1. The Morgan fingerprint density at radius 1 is 1.28 bits per heavy atom. The lowest BCUT2D eigenvalue weighted by molar-refractivity contribution is 0.312. The molecule has 1 aromatic carbocycles. The third kappa shape index (κ3) is 4.87. The van der Waals surface area contributed by atoms with Crippen molar-refractivity contribution in [2.24, 2.45) is 5.73 Å². The molecule has 0 aromatic heterocycles. The van der Waals surface area contributed by atoms with E-state index in [0.717, 1.165) is 31.6 Å². The van der Waals surface area contributed by atoms with E-state index >= 15 is 0 Å². The Morgan fingerprint density at radius 3 is 2.44 bits per heavy atom. The zero-order valence-corrected chi connectivity index (χ0v) is 12.8. The average molecular weight is 272 g/mol. The van der Waals surface area contributed by atoms with Gasteiger partial charge in [-0.2, -0.15) is 0 Å². The van der Waals surface area contributed by atoms with Gasteiger partial charge < -0.3 is 10.5 Å². The second kappa shape index (κ2) is 8.39. The van der Waals surface area contributed by atoms with Crippen LogP contribution in [0.3, 0.4) is 0 Å². The third-order valence-corrected chi connectivity index (χ3v) is 2.80. The first-order valence-corrected chi connectivity index (χ1v) is 6.59. The monoisotopic (exact) mass is 271 g/mol. The Bertz CT molecular complexity index is 364. The number of benzene rings is 1. The maximum Gasteiger partial charge on any atom is 0.125 e. The van der Waals surface area contributed by atoms with Crippen LogP contribution in [0.1, 0.15) is 43.9 Å². The topological polar surface area (TPSA) is 35.2 Å². The molecule has 0 saturated carbocycles. The highest BCUT2D eigenvalue weighted by molar-refractivity contribution is 5.85. The molecule has 2 nitrogen and oxygen atoms in total. The SMILES string of the molecule is CCCOc1c(C)cc(CC(C)N)cc1CC.Cl. The van der Waals surface area contributed by atoms with E-state index in [0.29, 0.717) is 0 Å². The molecule has 0 bridgehead atoms. The largest absolute Gasteiger partial charge is 0.493 e. The lowest BCUT2D eigenvalue weighted by Gasteiger charge is -2.16. The number of rotatable bonds is 6. The van der Waals surface area contributed by atoms with Gasteiger partial charge in [0.1, 0.15) is 5.75 Å². The van der Waals surface area contributed by atoms with Crippen molar-refractivity contribution in [2.45, 2.75) is 53.0 Å². The van der Waals surface area contributed by atoms with Gasteiger partial charge in [0.05, 0.1) is 6.61 Å². The van der Waals surface area contributed by atoms with Crippen molar-refractivity contribution in [2.75, 3.05) is 6.61 Å². The Kier molecular flexibility index (Phi) is 8.05. The lowest BCUT2D eigenvalue weighted by atomic mass is 9.99. The molecular weight excluding hydrogens is 246 g/mol. The summed E-state index contributed by atoms with van der Waals surface area (Å²) in [5.41, 5.74) is 9.70. The van der Waals surface area contributed by atoms with Gasteiger partial charge in [0.2, 0.25) is 0 Å². The van der Waals surface area contributed by atoms with E-state index in [2.05, 4.69) is 32.9 Å². The molecule has 0 fully saturated rings. The van der Waals surface area contributed by atoms with Gasteiger partial charge in [0.25, 0.3) is 0 Å². The normalized spacial score (nSPS) is 11.8. The highest BCUT2D eigenvalue weighted by atomic mass is 35.5. The summed E-state index contributed by atoms with van der Waals surface area (Å²) < 4.78 is 5.84. The maximum atomic E-state index is 5.85. The highest BCUT2D eigenvalue weighted by Gasteiger charge is 2.09. The Labute approximate surface area is 117 Å². The molecule has 104 valence electrons. The van der Waals surface area contributed by atoms with E-state index in [9.17, 15) is 0 Å². The molecule has 1 aromatic rings. The quantitative estimate of drug-likeness (QED) is 0.857. The Balaban J connectivity index is 0.00000289. The fourth-order valence-electron chi connectivity index (χ4n) is 2.09. The molecule has 0 saturated heterocycles. The summed E-state index contributed by atoms with van der Waals surface area (Å²) in [6, 6.07) is 4.65. The molecule has 0 aliphatic heterocycles. The molecule has 2 N–H and O–H groups in total. The third-order valence-electron chi connectivity index (χ3n) is 2.80. The molecule has 1 unspecified atom stereocenters. The van der Waals surface area contributed by atoms with E-state index in [1.165, 1.54) is 16.7 Å². The second-order valence-electron chi connectivity index (χ2n) is 4.78. The van der Waals surface area contributed by atoms with Crippen molar-refractivity contribution in [1.29, 1.82) is 0 Å². The Hall–Kier alpha value is -0.730. The summed E-state index contributed by atoms with van der Waals surface area (Å²) in [4.78, 5) is 0. The summed E-state index contributed by atoms with van der Waals surface area (Å²) in [6.07, 6.45) is 2.98. The van der Waals surface area contributed by atoms with Crippen LogP contribution in [0.4, 0.5) is 0 Å². The van der Waals surface area contributed by atoms with Gasteiger partial charge in [0.15, 0.2) is 0 Å². The summed E-state index contributed by atoms with van der Waals surface area (Å²) >= 11 is 0. The molecule has 0 amide bonds. The summed E-state index contributed by atoms with van der Waals surface area (Å²) in [5, 5.41) is 0. The molecule has 3 heteroatoms. The number of nitrogens with two attached hydrogens (primary N) is 1. The Morgan fingerprint density at radius 2 is 1.94 bits per heavy atom. The predicted molar refractivity (Wildman–Crippen MR) is 80.9 cm³/mol. The summed E-state index contributed by atoms with van der Waals surface area (Å²) in [6.45, 7) is 9.26.